The van der Waals surface area contributed by atoms with E-state index in [9.17, 15) is 14.7 Å². The van der Waals surface area contributed by atoms with Crippen molar-refractivity contribution in [2.24, 2.45) is 5.92 Å². The number of carboxylic acids is 1. The summed E-state index contributed by atoms with van der Waals surface area (Å²) < 4.78 is 0. The molecule has 2 rings (SSSR count). The molecule has 1 fully saturated rings. The number of phenolic OH excluding ortho intramolecular Hbond substituents is 1. The molecule has 19 heavy (non-hydrogen) atoms. The zero-order valence-corrected chi connectivity index (χ0v) is 10.5. The number of carboxylic acid groups (broad SMARTS) is 1. The average molecular weight is 263 g/mol. The lowest BCUT2D eigenvalue weighted by Gasteiger charge is -2.27. The Morgan fingerprint density at radius 2 is 1.95 bits per heavy atom. The number of carbonyl (C=O) groups is 2. The van der Waals surface area contributed by atoms with E-state index in [1.807, 2.05) is 0 Å². The smallest absolute Gasteiger partial charge is 0.306 e. The van der Waals surface area contributed by atoms with Gasteiger partial charge in [-0.3, -0.25) is 9.59 Å². The van der Waals surface area contributed by atoms with Crippen molar-refractivity contribution in [3.05, 3.63) is 29.8 Å². The van der Waals surface area contributed by atoms with Crippen molar-refractivity contribution in [2.45, 2.75) is 31.7 Å². The zero-order chi connectivity index (χ0) is 13.8. The first-order valence-electron chi connectivity index (χ1n) is 6.39. The quantitative estimate of drug-likeness (QED) is 0.775. The van der Waals surface area contributed by atoms with Gasteiger partial charge in [0.05, 0.1) is 11.5 Å². The van der Waals surface area contributed by atoms with E-state index in [-0.39, 0.29) is 29.2 Å². The number of nitrogens with one attached hydrogen (secondary N) is 1. The fraction of sp³-hybridized carbons (Fsp3) is 0.429. The van der Waals surface area contributed by atoms with Gasteiger partial charge >= 0.3 is 5.97 Å². The Morgan fingerprint density at radius 3 is 2.63 bits per heavy atom. The number of aliphatic carboxylic acids is 1. The molecular weight excluding hydrogens is 246 g/mol. The van der Waals surface area contributed by atoms with E-state index >= 15 is 0 Å². The molecule has 0 aliphatic heterocycles. The second-order valence-electron chi connectivity index (χ2n) is 4.89. The van der Waals surface area contributed by atoms with E-state index in [4.69, 9.17) is 5.11 Å². The van der Waals surface area contributed by atoms with Gasteiger partial charge in [-0.25, -0.2) is 0 Å². The molecule has 1 aliphatic rings. The molecule has 1 aliphatic carbocycles. The molecule has 1 saturated carbocycles. The molecule has 1 amide bonds. The number of phenols is 1. The Labute approximate surface area is 111 Å². The molecule has 1 aromatic rings. The summed E-state index contributed by atoms with van der Waals surface area (Å²) in [7, 11) is 0. The van der Waals surface area contributed by atoms with Gasteiger partial charge in [0.1, 0.15) is 5.75 Å². The minimum Gasteiger partial charge on any atom is -0.507 e. The molecule has 0 radical (unpaired) electrons. The van der Waals surface area contributed by atoms with Crippen molar-refractivity contribution in [3.63, 3.8) is 0 Å². The topological polar surface area (TPSA) is 86.6 Å². The van der Waals surface area contributed by atoms with Gasteiger partial charge in [-0.2, -0.15) is 0 Å². The summed E-state index contributed by atoms with van der Waals surface area (Å²) in [5.41, 5.74) is 0.222. The normalized spacial score (nSPS) is 22.7. The van der Waals surface area contributed by atoms with E-state index in [0.29, 0.717) is 12.8 Å². The van der Waals surface area contributed by atoms with Crippen molar-refractivity contribution in [3.8, 4) is 5.75 Å². The summed E-state index contributed by atoms with van der Waals surface area (Å²) in [6.45, 7) is 0. The first-order valence-corrected chi connectivity index (χ1v) is 6.39. The predicted molar refractivity (Wildman–Crippen MR) is 69.0 cm³/mol. The highest BCUT2D eigenvalue weighted by molar-refractivity contribution is 5.96. The van der Waals surface area contributed by atoms with Crippen LogP contribution in [0.2, 0.25) is 0 Å². The molecule has 0 aromatic heterocycles. The first kappa shape index (κ1) is 13.4. The lowest BCUT2D eigenvalue weighted by atomic mass is 9.85. The molecule has 0 heterocycles. The van der Waals surface area contributed by atoms with Crippen LogP contribution in [0.25, 0.3) is 0 Å². The maximum absolute atomic E-state index is 12.0. The van der Waals surface area contributed by atoms with Gasteiger partial charge in [0, 0.05) is 6.04 Å². The monoisotopic (exact) mass is 263 g/mol. The van der Waals surface area contributed by atoms with Gasteiger partial charge in [0.15, 0.2) is 0 Å². The van der Waals surface area contributed by atoms with Gasteiger partial charge in [0.25, 0.3) is 5.91 Å². The molecule has 2 unspecified atom stereocenters. The third-order valence-corrected chi connectivity index (χ3v) is 3.51. The van der Waals surface area contributed by atoms with Crippen molar-refractivity contribution >= 4 is 11.9 Å². The van der Waals surface area contributed by atoms with Crippen LogP contribution in [0.5, 0.6) is 5.75 Å². The molecule has 1 aromatic carbocycles. The lowest BCUT2D eigenvalue weighted by molar-refractivity contribution is -0.143. The van der Waals surface area contributed by atoms with E-state index in [2.05, 4.69) is 5.32 Å². The molecular formula is C14H17NO4. The largest absolute Gasteiger partial charge is 0.507 e. The van der Waals surface area contributed by atoms with Crippen LogP contribution in [-0.2, 0) is 4.79 Å². The van der Waals surface area contributed by atoms with E-state index in [0.717, 1.165) is 12.8 Å². The summed E-state index contributed by atoms with van der Waals surface area (Å²) in [4.78, 5) is 22.9. The summed E-state index contributed by atoms with van der Waals surface area (Å²) in [6, 6.07) is 6.18. The van der Waals surface area contributed by atoms with Crippen LogP contribution in [0, 0.1) is 5.92 Å². The summed E-state index contributed by atoms with van der Waals surface area (Å²) >= 11 is 0. The highest BCUT2D eigenvalue weighted by Crippen LogP contribution is 2.25. The average Bonchev–Trinajstić information content (AvgIpc) is 2.39. The highest BCUT2D eigenvalue weighted by Gasteiger charge is 2.28. The van der Waals surface area contributed by atoms with Gasteiger partial charge in [0.2, 0.25) is 0 Å². The van der Waals surface area contributed by atoms with Crippen molar-refractivity contribution in [2.75, 3.05) is 0 Å². The second-order valence-corrected chi connectivity index (χ2v) is 4.89. The molecule has 3 N–H and O–H groups in total. The van der Waals surface area contributed by atoms with Crippen LogP contribution >= 0.6 is 0 Å². The number of aromatic hydroxyl groups is 1. The molecule has 102 valence electrons. The number of benzene rings is 1. The number of para-hydroxylation sites is 1. The number of amides is 1. The van der Waals surface area contributed by atoms with Gasteiger partial charge in [-0.05, 0) is 31.4 Å². The van der Waals surface area contributed by atoms with Crippen LogP contribution < -0.4 is 5.32 Å². The van der Waals surface area contributed by atoms with E-state index in [1.165, 1.54) is 6.07 Å². The number of hydrogen-bond acceptors (Lipinski definition) is 3. The Balaban J connectivity index is 1.99. The number of carbonyl (C=O) groups excluding carboxylic acids is 1. The fourth-order valence-electron chi connectivity index (χ4n) is 2.47. The standard InChI is InChI=1S/C14H17NO4/c16-12-7-2-1-6-11(12)13(17)15-10-5-3-4-9(8-10)14(18)19/h1-2,6-7,9-10,16H,3-5,8H2,(H,15,17)(H,18,19). The molecule has 0 saturated heterocycles. The SMILES string of the molecule is O=C(NC1CCCC(C(=O)O)C1)c1ccccc1O. The number of rotatable bonds is 3. The van der Waals surface area contributed by atoms with E-state index in [1.54, 1.807) is 18.2 Å². The van der Waals surface area contributed by atoms with E-state index < -0.39 is 5.97 Å². The van der Waals surface area contributed by atoms with Crippen LogP contribution in [0.15, 0.2) is 24.3 Å². The minimum absolute atomic E-state index is 0.0643. The maximum Gasteiger partial charge on any atom is 0.306 e. The summed E-state index contributed by atoms with van der Waals surface area (Å²) in [5, 5.41) is 21.4. The highest BCUT2D eigenvalue weighted by atomic mass is 16.4. The lowest BCUT2D eigenvalue weighted by Crippen LogP contribution is -2.39. The van der Waals surface area contributed by atoms with Crippen LogP contribution in [-0.4, -0.2) is 28.1 Å². The maximum atomic E-state index is 12.0. The van der Waals surface area contributed by atoms with Crippen LogP contribution in [0.3, 0.4) is 0 Å². The molecule has 0 bridgehead atoms. The summed E-state index contributed by atoms with van der Waals surface area (Å²) in [5.74, 6) is -1.61. The Kier molecular flexibility index (Phi) is 4.04. The van der Waals surface area contributed by atoms with Crippen LogP contribution in [0.1, 0.15) is 36.0 Å². The van der Waals surface area contributed by atoms with Crippen molar-refractivity contribution in [1.29, 1.82) is 0 Å². The molecule has 5 nitrogen and oxygen atoms in total. The third-order valence-electron chi connectivity index (χ3n) is 3.51. The Bertz CT molecular complexity index is 486. The first-order chi connectivity index (χ1) is 9.08. The molecule has 0 spiro atoms. The Morgan fingerprint density at radius 1 is 1.21 bits per heavy atom. The van der Waals surface area contributed by atoms with Gasteiger partial charge in [-0.1, -0.05) is 18.6 Å². The second kappa shape index (κ2) is 5.73. The zero-order valence-electron chi connectivity index (χ0n) is 10.5. The molecule has 5 heteroatoms. The van der Waals surface area contributed by atoms with Crippen molar-refractivity contribution in [1.82, 2.24) is 5.32 Å². The van der Waals surface area contributed by atoms with Gasteiger partial charge in [-0.15, -0.1) is 0 Å². The number of hydrogen-bond donors (Lipinski definition) is 3. The van der Waals surface area contributed by atoms with Crippen molar-refractivity contribution < 1.29 is 19.8 Å². The van der Waals surface area contributed by atoms with Gasteiger partial charge < -0.3 is 15.5 Å². The predicted octanol–water partition coefficient (Wildman–Crippen LogP) is 1.77. The summed E-state index contributed by atoms with van der Waals surface area (Å²) in [6.07, 6.45) is 2.69. The fourth-order valence-corrected chi connectivity index (χ4v) is 2.47. The minimum atomic E-state index is -0.804. The third kappa shape index (κ3) is 3.24. The Hall–Kier alpha value is -2.04. The van der Waals surface area contributed by atoms with Crippen LogP contribution in [0.4, 0.5) is 0 Å². The molecule has 2 atom stereocenters.